The van der Waals surface area contributed by atoms with E-state index < -0.39 is 10.0 Å². The first-order chi connectivity index (χ1) is 13.1. The highest BCUT2D eigenvalue weighted by Gasteiger charge is 2.37. The van der Waals surface area contributed by atoms with Crippen molar-refractivity contribution in [3.05, 3.63) is 59.9 Å². The van der Waals surface area contributed by atoms with Crippen LogP contribution in [0.5, 0.6) is 0 Å². The molecule has 2 fully saturated rings. The van der Waals surface area contributed by atoms with Crippen molar-refractivity contribution in [2.24, 2.45) is 0 Å². The van der Waals surface area contributed by atoms with Gasteiger partial charge in [0.1, 0.15) is 0 Å². The largest absolute Gasteiger partial charge is 0.302 e. The van der Waals surface area contributed by atoms with Gasteiger partial charge in [-0.1, -0.05) is 24.3 Å². The van der Waals surface area contributed by atoms with Crippen LogP contribution in [0.2, 0.25) is 0 Å². The van der Waals surface area contributed by atoms with Crippen LogP contribution < -0.4 is 0 Å². The van der Waals surface area contributed by atoms with Crippen molar-refractivity contribution in [3.8, 4) is 0 Å². The summed E-state index contributed by atoms with van der Waals surface area (Å²) >= 11 is 0. The third-order valence-electron chi connectivity index (χ3n) is 5.67. The predicted octanol–water partition coefficient (Wildman–Crippen LogP) is 2.92. The number of hydrogen-bond acceptors (Lipinski definition) is 4. The maximum absolute atomic E-state index is 13.5. The maximum atomic E-state index is 13.5. The van der Waals surface area contributed by atoms with Gasteiger partial charge in [0.15, 0.2) is 0 Å². The number of benzene rings is 1. The van der Waals surface area contributed by atoms with E-state index in [0.717, 1.165) is 43.6 Å². The zero-order valence-corrected chi connectivity index (χ0v) is 16.4. The highest BCUT2D eigenvalue weighted by molar-refractivity contribution is 7.89. The first-order valence-electron chi connectivity index (χ1n) is 9.85. The molecular formula is C21H27N3O2S. The highest BCUT2D eigenvalue weighted by Crippen LogP contribution is 2.30. The summed E-state index contributed by atoms with van der Waals surface area (Å²) in [4.78, 5) is 7.02. The second-order valence-electron chi connectivity index (χ2n) is 7.57. The molecule has 27 heavy (non-hydrogen) atoms. The van der Waals surface area contributed by atoms with Crippen molar-refractivity contribution >= 4 is 10.0 Å². The minimum atomic E-state index is -3.49. The number of hydrogen-bond donors (Lipinski definition) is 0. The summed E-state index contributed by atoms with van der Waals surface area (Å²) in [5.74, 6) is 0. The van der Waals surface area contributed by atoms with Crippen molar-refractivity contribution in [3.63, 3.8) is 0 Å². The van der Waals surface area contributed by atoms with Crippen molar-refractivity contribution in [1.82, 2.24) is 14.2 Å². The van der Waals surface area contributed by atoms with E-state index in [0.29, 0.717) is 17.9 Å². The Morgan fingerprint density at radius 2 is 1.81 bits per heavy atom. The molecule has 4 rings (SSSR count). The summed E-state index contributed by atoms with van der Waals surface area (Å²) < 4.78 is 28.8. The average molecular weight is 386 g/mol. The fraction of sp³-hybridized carbons (Fsp3) is 0.476. The Morgan fingerprint density at radius 3 is 2.59 bits per heavy atom. The molecule has 1 aromatic heterocycles. The first kappa shape index (κ1) is 18.6. The number of nitrogens with zero attached hydrogens (tertiary/aromatic N) is 3. The van der Waals surface area contributed by atoms with Gasteiger partial charge in [0.25, 0.3) is 0 Å². The van der Waals surface area contributed by atoms with E-state index in [-0.39, 0.29) is 6.04 Å². The minimum Gasteiger partial charge on any atom is -0.302 e. The van der Waals surface area contributed by atoms with Crippen LogP contribution in [-0.2, 0) is 16.4 Å². The van der Waals surface area contributed by atoms with E-state index in [9.17, 15) is 8.42 Å². The van der Waals surface area contributed by atoms with Gasteiger partial charge in [-0.3, -0.25) is 4.98 Å². The zero-order valence-electron chi connectivity index (χ0n) is 15.6. The van der Waals surface area contributed by atoms with Gasteiger partial charge in [-0.2, -0.15) is 4.31 Å². The van der Waals surface area contributed by atoms with Crippen LogP contribution in [0.1, 0.15) is 36.8 Å². The van der Waals surface area contributed by atoms with Crippen molar-refractivity contribution in [1.29, 1.82) is 0 Å². The van der Waals surface area contributed by atoms with Crippen LogP contribution in [0, 0.1) is 0 Å². The van der Waals surface area contributed by atoms with Crippen LogP contribution in [0.4, 0.5) is 0 Å². The number of likely N-dealkylation sites (tertiary alicyclic amines) is 1. The summed E-state index contributed by atoms with van der Waals surface area (Å²) in [6.45, 7) is 3.69. The Bertz CT molecular complexity index is 864. The lowest BCUT2D eigenvalue weighted by Gasteiger charge is -2.28. The van der Waals surface area contributed by atoms with Gasteiger partial charge in [-0.25, -0.2) is 8.42 Å². The topological polar surface area (TPSA) is 53.5 Å². The minimum absolute atomic E-state index is 0.0968. The van der Waals surface area contributed by atoms with Crippen molar-refractivity contribution in [2.75, 3.05) is 26.2 Å². The van der Waals surface area contributed by atoms with Crippen molar-refractivity contribution < 1.29 is 8.42 Å². The van der Waals surface area contributed by atoms with E-state index in [2.05, 4.69) is 9.88 Å². The summed E-state index contributed by atoms with van der Waals surface area (Å²) in [6, 6.07) is 11.4. The van der Waals surface area contributed by atoms with Gasteiger partial charge >= 0.3 is 0 Å². The Morgan fingerprint density at radius 1 is 1.00 bits per heavy atom. The lowest BCUT2D eigenvalue weighted by Crippen LogP contribution is -2.42. The average Bonchev–Trinajstić information content (AvgIpc) is 3.36. The quantitative estimate of drug-likeness (QED) is 0.767. The Balaban J connectivity index is 1.59. The molecule has 0 spiro atoms. The molecule has 0 unspecified atom stereocenters. The molecule has 0 aliphatic carbocycles. The van der Waals surface area contributed by atoms with Crippen LogP contribution >= 0.6 is 0 Å². The molecule has 0 saturated carbocycles. The lowest BCUT2D eigenvalue weighted by atomic mass is 10.1. The molecule has 1 atom stereocenters. The van der Waals surface area contributed by atoms with Crippen LogP contribution in [-0.4, -0.2) is 54.8 Å². The van der Waals surface area contributed by atoms with Gasteiger partial charge in [0.2, 0.25) is 10.0 Å². The summed E-state index contributed by atoms with van der Waals surface area (Å²) in [5, 5.41) is 0. The fourth-order valence-corrected chi connectivity index (χ4v) is 6.23. The molecule has 0 radical (unpaired) electrons. The van der Waals surface area contributed by atoms with Gasteiger partial charge < -0.3 is 4.90 Å². The number of pyridine rings is 1. The van der Waals surface area contributed by atoms with E-state index >= 15 is 0 Å². The van der Waals surface area contributed by atoms with Crippen molar-refractivity contribution in [2.45, 2.75) is 43.0 Å². The monoisotopic (exact) mass is 385 g/mol. The Kier molecular flexibility index (Phi) is 5.57. The zero-order chi connectivity index (χ0) is 18.7. The van der Waals surface area contributed by atoms with E-state index in [1.165, 1.54) is 12.8 Å². The van der Waals surface area contributed by atoms with Gasteiger partial charge in [-0.05, 0) is 62.0 Å². The highest BCUT2D eigenvalue weighted by atomic mass is 32.2. The second kappa shape index (κ2) is 8.09. The predicted molar refractivity (Wildman–Crippen MR) is 106 cm³/mol. The molecule has 2 aromatic rings. The molecule has 0 N–H and O–H groups in total. The summed E-state index contributed by atoms with van der Waals surface area (Å²) in [6.07, 6.45) is 8.48. The normalized spacial score (nSPS) is 21.7. The molecule has 5 nitrogen and oxygen atoms in total. The molecule has 1 aromatic carbocycles. The molecule has 3 heterocycles. The second-order valence-corrected chi connectivity index (χ2v) is 9.42. The molecule has 6 heteroatoms. The SMILES string of the molecule is O=S(=O)(c1ccccc1Cc1cccnc1)N1CCC[C@H]1CN1CCCC1. The van der Waals surface area contributed by atoms with Crippen LogP contribution in [0.3, 0.4) is 0 Å². The summed E-state index contributed by atoms with van der Waals surface area (Å²) in [7, 11) is -3.49. The first-order valence-corrected chi connectivity index (χ1v) is 11.3. The number of sulfonamides is 1. The maximum Gasteiger partial charge on any atom is 0.243 e. The van der Waals surface area contributed by atoms with E-state index in [4.69, 9.17) is 0 Å². The van der Waals surface area contributed by atoms with Crippen LogP contribution in [0.15, 0.2) is 53.7 Å². The van der Waals surface area contributed by atoms with E-state index in [1.54, 1.807) is 22.8 Å². The third-order valence-corrected chi connectivity index (χ3v) is 7.72. The van der Waals surface area contributed by atoms with Crippen LogP contribution in [0.25, 0.3) is 0 Å². The Hall–Kier alpha value is -1.76. The third kappa shape index (κ3) is 4.08. The standard InChI is InChI=1S/C21H27N3O2S/c25-27(26,24-14-6-9-20(24)17-23-12-3-4-13-23)21-10-2-1-8-19(21)15-18-7-5-11-22-16-18/h1-2,5,7-8,10-11,16,20H,3-4,6,9,12-15,17H2/t20-/m0/s1. The molecule has 0 amide bonds. The van der Waals surface area contributed by atoms with Gasteiger partial charge in [0, 0.05) is 37.9 Å². The van der Waals surface area contributed by atoms with E-state index in [1.807, 2.05) is 30.3 Å². The van der Waals surface area contributed by atoms with Gasteiger partial charge in [-0.15, -0.1) is 0 Å². The number of aromatic nitrogens is 1. The number of rotatable bonds is 6. The molecule has 0 bridgehead atoms. The molecule has 2 aliphatic rings. The Labute approximate surface area is 162 Å². The summed E-state index contributed by atoms with van der Waals surface area (Å²) in [5.41, 5.74) is 1.87. The molecular weight excluding hydrogens is 358 g/mol. The smallest absolute Gasteiger partial charge is 0.243 e. The fourth-order valence-electron chi connectivity index (χ4n) is 4.32. The lowest BCUT2D eigenvalue weighted by molar-refractivity contribution is 0.257. The van der Waals surface area contributed by atoms with Gasteiger partial charge in [0.05, 0.1) is 4.90 Å². The molecule has 144 valence electrons. The molecule has 2 saturated heterocycles. The molecule has 2 aliphatic heterocycles.